The zero-order valence-corrected chi connectivity index (χ0v) is 13.7. The van der Waals surface area contributed by atoms with Gasteiger partial charge >= 0.3 is 5.97 Å². The highest BCUT2D eigenvalue weighted by Gasteiger charge is 2.35. The molecule has 3 atom stereocenters. The molecule has 1 heterocycles. The van der Waals surface area contributed by atoms with Crippen LogP contribution in [0.1, 0.15) is 78.1 Å². The maximum Gasteiger partial charge on any atom is 0.305 e. The standard InChI is InChI=1S/C17H32O4/c1-3-15-16(21-15)11-9-7-5-4-6-8-10-12-17(19)20-13-14(2)18/h14-16,18H,3-13H2,1-2H3. The lowest BCUT2D eigenvalue weighted by Gasteiger charge is -2.06. The topological polar surface area (TPSA) is 59.1 Å². The highest BCUT2D eigenvalue weighted by Crippen LogP contribution is 2.29. The van der Waals surface area contributed by atoms with E-state index in [9.17, 15) is 4.79 Å². The Balaban J connectivity index is 1.75. The van der Waals surface area contributed by atoms with Crippen LogP contribution in [0.3, 0.4) is 0 Å². The lowest BCUT2D eigenvalue weighted by atomic mass is 10.1. The Kier molecular flexibility index (Phi) is 9.68. The second-order valence-electron chi connectivity index (χ2n) is 6.17. The molecule has 0 aromatic heterocycles. The van der Waals surface area contributed by atoms with Gasteiger partial charge in [0.2, 0.25) is 0 Å². The smallest absolute Gasteiger partial charge is 0.305 e. The van der Waals surface area contributed by atoms with Crippen molar-refractivity contribution < 1.29 is 19.4 Å². The first-order valence-corrected chi connectivity index (χ1v) is 8.62. The number of esters is 1. The molecule has 1 rings (SSSR count). The van der Waals surface area contributed by atoms with E-state index in [1.165, 1.54) is 38.5 Å². The summed E-state index contributed by atoms with van der Waals surface area (Å²) in [7, 11) is 0. The third-order valence-corrected chi connectivity index (χ3v) is 3.95. The number of aliphatic hydroxyl groups excluding tert-OH is 1. The molecule has 4 heteroatoms. The maximum absolute atomic E-state index is 11.3. The van der Waals surface area contributed by atoms with Crippen LogP contribution in [0.15, 0.2) is 0 Å². The molecule has 3 unspecified atom stereocenters. The number of carbonyl (C=O) groups is 1. The van der Waals surface area contributed by atoms with Crippen molar-refractivity contribution in [2.24, 2.45) is 0 Å². The Labute approximate surface area is 129 Å². The van der Waals surface area contributed by atoms with Crippen molar-refractivity contribution in [3.63, 3.8) is 0 Å². The van der Waals surface area contributed by atoms with Gasteiger partial charge in [-0.1, -0.05) is 45.4 Å². The average Bonchev–Trinajstić information content (AvgIpc) is 3.22. The van der Waals surface area contributed by atoms with Crippen LogP contribution in [0, 0.1) is 0 Å². The van der Waals surface area contributed by atoms with E-state index in [1.807, 2.05) is 0 Å². The second-order valence-corrected chi connectivity index (χ2v) is 6.17. The minimum absolute atomic E-state index is 0.114. The Morgan fingerprint density at radius 2 is 1.71 bits per heavy atom. The molecule has 0 radical (unpaired) electrons. The van der Waals surface area contributed by atoms with E-state index >= 15 is 0 Å². The van der Waals surface area contributed by atoms with Crippen molar-refractivity contribution in [2.45, 2.75) is 96.4 Å². The molecule has 0 aliphatic carbocycles. The first-order chi connectivity index (χ1) is 10.1. The summed E-state index contributed by atoms with van der Waals surface area (Å²) in [6.07, 6.45) is 11.7. The fourth-order valence-corrected chi connectivity index (χ4v) is 2.58. The van der Waals surface area contributed by atoms with Gasteiger partial charge in [-0.3, -0.25) is 4.79 Å². The number of carbonyl (C=O) groups excluding carboxylic acids is 1. The molecule has 1 aliphatic rings. The summed E-state index contributed by atoms with van der Waals surface area (Å²) in [5.41, 5.74) is 0. The van der Waals surface area contributed by atoms with Crippen LogP contribution in [0.25, 0.3) is 0 Å². The number of aliphatic hydroxyl groups is 1. The SMILES string of the molecule is CCC1OC1CCCCCCCCCC(=O)OCC(C)O. The largest absolute Gasteiger partial charge is 0.463 e. The molecule has 124 valence electrons. The van der Waals surface area contributed by atoms with Crippen molar-refractivity contribution >= 4 is 5.97 Å². The molecule has 0 bridgehead atoms. The minimum atomic E-state index is -0.567. The van der Waals surface area contributed by atoms with Gasteiger partial charge in [0.15, 0.2) is 0 Å². The first kappa shape index (κ1) is 18.4. The van der Waals surface area contributed by atoms with Gasteiger partial charge < -0.3 is 14.6 Å². The molecule has 1 fully saturated rings. The Morgan fingerprint density at radius 1 is 1.10 bits per heavy atom. The molecule has 0 spiro atoms. The summed E-state index contributed by atoms with van der Waals surface area (Å²) >= 11 is 0. The predicted molar refractivity (Wildman–Crippen MR) is 83.1 cm³/mol. The van der Waals surface area contributed by atoms with Gasteiger partial charge in [0, 0.05) is 6.42 Å². The van der Waals surface area contributed by atoms with Crippen LogP contribution in [-0.4, -0.2) is 36.0 Å². The van der Waals surface area contributed by atoms with E-state index in [0.717, 1.165) is 19.3 Å². The van der Waals surface area contributed by atoms with Gasteiger partial charge in [0.05, 0.1) is 18.3 Å². The van der Waals surface area contributed by atoms with E-state index in [4.69, 9.17) is 14.6 Å². The third-order valence-electron chi connectivity index (χ3n) is 3.95. The average molecular weight is 300 g/mol. The molecule has 0 saturated carbocycles. The van der Waals surface area contributed by atoms with Crippen LogP contribution in [0.5, 0.6) is 0 Å². The van der Waals surface area contributed by atoms with Crippen molar-refractivity contribution in [1.82, 2.24) is 0 Å². The molecule has 1 N–H and O–H groups in total. The number of hydrogen-bond donors (Lipinski definition) is 1. The summed E-state index contributed by atoms with van der Waals surface area (Å²) in [5, 5.41) is 9.00. The summed E-state index contributed by atoms with van der Waals surface area (Å²) in [4.78, 5) is 11.3. The van der Waals surface area contributed by atoms with Crippen LogP contribution >= 0.6 is 0 Å². The molecular weight excluding hydrogens is 268 g/mol. The summed E-state index contributed by atoms with van der Waals surface area (Å²) < 4.78 is 10.4. The van der Waals surface area contributed by atoms with Crippen molar-refractivity contribution in [2.75, 3.05) is 6.61 Å². The number of ether oxygens (including phenoxy) is 2. The summed E-state index contributed by atoms with van der Waals surface area (Å²) in [6.45, 7) is 3.91. The Bertz CT molecular complexity index is 278. The monoisotopic (exact) mass is 300 g/mol. The Hall–Kier alpha value is -0.610. The van der Waals surface area contributed by atoms with Crippen LogP contribution < -0.4 is 0 Å². The zero-order valence-electron chi connectivity index (χ0n) is 13.7. The van der Waals surface area contributed by atoms with Gasteiger partial charge in [-0.2, -0.15) is 0 Å². The van der Waals surface area contributed by atoms with E-state index in [2.05, 4.69) is 6.92 Å². The zero-order chi connectivity index (χ0) is 15.5. The predicted octanol–water partition coefficient (Wildman–Crippen LogP) is 3.60. The lowest BCUT2D eigenvalue weighted by Crippen LogP contribution is -2.14. The fourth-order valence-electron chi connectivity index (χ4n) is 2.58. The molecule has 4 nitrogen and oxygen atoms in total. The van der Waals surface area contributed by atoms with Gasteiger partial charge in [0.1, 0.15) is 6.61 Å². The highest BCUT2D eigenvalue weighted by atomic mass is 16.6. The fraction of sp³-hybridized carbons (Fsp3) is 0.941. The molecule has 0 aromatic rings. The molecule has 1 saturated heterocycles. The maximum atomic E-state index is 11.3. The molecular formula is C17H32O4. The third kappa shape index (κ3) is 9.86. The van der Waals surface area contributed by atoms with Crippen LogP contribution in [0.4, 0.5) is 0 Å². The second kappa shape index (κ2) is 11.0. The number of rotatable bonds is 13. The molecule has 0 aromatic carbocycles. The summed E-state index contributed by atoms with van der Waals surface area (Å²) in [5.74, 6) is -0.189. The first-order valence-electron chi connectivity index (χ1n) is 8.62. The molecule has 0 amide bonds. The highest BCUT2D eigenvalue weighted by molar-refractivity contribution is 5.69. The minimum Gasteiger partial charge on any atom is -0.463 e. The number of unbranched alkanes of at least 4 members (excludes halogenated alkanes) is 6. The van der Waals surface area contributed by atoms with Gasteiger partial charge in [-0.05, 0) is 26.2 Å². The molecule has 1 aliphatic heterocycles. The van der Waals surface area contributed by atoms with Crippen molar-refractivity contribution in [3.8, 4) is 0 Å². The van der Waals surface area contributed by atoms with Crippen molar-refractivity contribution in [3.05, 3.63) is 0 Å². The van der Waals surface area contributed by atoms with E-state index in [-0.39, 0.29) is 12.6 Å². The quantitative estimate of drug-likeness (QED) is 0.321. The number of hydrogen-bond acceptors (Lipinski definition) is 4. The van der Waals surface area contributed by atoms with Gasteiger partial charge in [-0.15, -0.1) is 0 Å². The normalized spacial score (nSPS) is 22.0. The van der Waals surface area contributed by atoms with E-state index in [0.29, 0.717) is 18.6 Å². The van der Waals surface area contributed by atoms with Gasteiger partial charge in [0.25, 0.3) is 0 Å². The summed E-state index contributed by atoms with van der Waals surface area (Å²) in [6, 6.07) is 0. The molecule has 21 heavy (non-hydrogen) atoms. The van der Waals surface area contributed by atoms with Crippen molar-refractivity contribution in [1.29, 1.82) is 0 Å². The van der Waals surface area contributed by atoms with E-state index < -0.39 is 6.10 Å². The van der Waals surface area contributed by atoms with Gasteiger partial charge in [-0.25, -0.2) is 0 Å². The number of epoxide rings is 1. The Morgan fingerprint density at radius 3 is 2.29 bits per heavy atom. The van der Waals surface area contributed by atoms with E-state index in [1.54, 1.807) is 6.92 Å². The van der Waals surface area contributed by atoms with Crippen LogP contribution in [0.2, 0.25) is 0 Å². The lowest BCUT2D eigenvalue weighted by molar-refractivity contribution is -0.146. The van der Waals surface area contributed by atoms with Crippen LogP contribution in [-0.2, 0) is 14.3 Å².